The second-order valence-corrected chi connectivity index (χ2v) is 5.95. The quantitative estimate of drug-likeness (QED) is 0.806. The Morgan fingerprint density at radius 3 is 2.76 bits per heavy atom. The van der Waals surface area contributed by atoms with Crippen LogP contribution in [0.1, 0.15) is 28.9 Å². The van der Waals surface area contributed by atoms with Gasteiger partial charge in [0.25, 0.3) is 5.91 Å². The van der Waals surface area contributed by atoms with Crippen molar-refractivity contribution in [3.63, 3.8) is 0 Å². The van der Waals surface area contributed by atoms with Crippen molar-refractivity contribution in [3.8, 4) is 5.69 Å². The smallest absolute Gasteiger partial charge is 0.338 e. The van der Waals surface area contributed by atoms with Crippen LogP contribution >= 0.6 is 0 Å². The Balaban J connectivity index is 1.47. The molecule has 1 aliphatic rings. The van der Waals surface area contributed by atoms with Gasteiger partial charge in [0, 0.05) is 25.0 Å². The fourth-order valence-electron chi connectivity index (χ4n) is 2.68. The van der Waals surface area contributed by atoms with Crippen LogP contribution in [0, 0.1) is 6.92 Å². The van der Waals surface area contributed by atoms with Crippen LogP contribution in [0.4, 0.5) is 0 Å². The zero-order valence-electron chi connectivity index (χ0n) is 14.1. The zero-order valence-corrected chi connectivity index (χ0v) is 14.1. The summed E-state index contributed by atoms with van der Waals surface area (Å²) in [5, 5.41) is 6.92. The van der Waals surface area contributed by atoms with Gasteiger partial charge in [0.05, 0.1) is 17.4 Å². The van der Waals surface area contributed by atoms with Gasteiger partial charge in [0.15, 0.2) is 6.61 Å². The molecule has 0 spiro atoms. The molecule has 1 amide bonds. The van der Waals surface area contributed by atoms with Crippen LogP contribution in [0.2, 0.25) is 0 Å². The Kier molecular flexibility index (Phi) is 5.45. The van der Waals surface area contributed by atoms with Gasteiger partial charge in [-0.05, 0) is 50.1 Å². The molecule has 1 saturated heterocycles. The van der Waals surface area contributed by atoms with Crippen molar-refractivity contribution in [3.05, 3.63) is 47.8 Å². The van der Waals surface area contributed by atoms with Gasteiger partial charge in [-0.25, -0.2) is 9.48 Å². The normalized spacial score (nSPS) is 16.6. The molecule has 1 aliphatic heterocycles. The molecule has 3 rings (SSSR count). The third-order valence-corrected chi connectivity index (χ3v) is 4.06. The van der Waals surface area contributed by atoms with Gasteiger partial charge in [-0.15, -0.1) is 0 Å². The molecule has 1 N–H and O–H groups in total. The van der Waals surface area contributed by atoms with Crippen LogP contribution in [0.15, 0.2) is 36.5 Å². The monoisotopic (exact) mass is 343 g/mol. The van der Waals surface area contributed by atoms with Gasteiger partial charge >= 0.3 is 5.97 Å². The second kappa shape index (κ2) is 7.94. The number of amides is 1. The van der Waals surface area contributed by atoms with E-state index in [-0.39, 0.29) is 18.6 Å². The first kappa shape index (κ1) is 17.2. The molecule has 0 aliphatic carbocycles. The van der Waals surface area contributed by atoms with E-state index < -0.39 is 5.97 Å². The van der Waals surface area contributed by atoms with Crippen molar-refractivity contribution in [2.24, 2.45) is 0 Å². The number of rotatable bonds is 6. The van der Waals surface area contributed by atoms with Crippen molar-refractivity contribution in [1.82, 2.24) is 15.1 Å². The Labute approximate surface area is 145 Å². The van der Waals surface area contributed by atoms with E-state index in [0.29, 0.717) is 12.1 Å². The molecule has 0 unspecified atom stereocenters. The van der Waals surface area contributed by atoms with Gasteiger partial charge in [-0.2, -0.15) is 5.10 Å². The van der Waals surface area contributed by atoms with Crippen LogP contribution in [-0.2, 0) is 14.3 Å². The average molecular weight is 343 g/mol. The van der Waals surface area contributed by atoms with E-state index >= 15 is 0 Å². The highest BCUT2D eigenvalue weighted by molar-refractivity contribution is 5.91. The van der Waals surface area contributed by atoms with E-state index in [1.165, 1.54) is 0 Å². The molecular formula is C18H21N3O4. The summed E-state index contributed by atoms with van der Waals surface area (Å²) >= 11 is 0. The lowest BCUT2D eigenvalue weighted by molar-refractivity contribution is -0.124. The van der Waals surface area contributed by atoms with Gasteiger partial charge in [-0.3, -0.25) is 4.79 Å². The number of aromatic nitrogens is 2. The minimum Gasteiger partial charge on any atom is -0.452 e. The van der Waals surface area contributed by atoms with Crippen molar-refractivity contribution in [2.75, 3.05) is 19.8 Å². The summed E-state index contributed by atoms with van der Waals surface area (Å²) in [6.45, 7) is 2.84. The Bertz CT molecular complexity index is 733. The molecular weight excluding hydrogens is 322 g/mol. The zero-order chi connectivity index (χ0) is 17.6. The number of aryl methyl sites for hydroxylation is 1. The predicted octanol–water partition coefficient (Wildman–Crippen LogP) is 1.63. The number of nitrogens with zero attached hydrogens (tertiary/aromatic N) is 2. The summed E-state index contributed by atoms with van der Waals surface area (Å²) < 4.78 is 12.2. The summed E-state index contributed by atoms with van der Waals surface area (Å²) in [4.78, 5) is 23.8. The number of carbonyl (C=O) groups excluding carboxylic acids is 2. The molecule has 132 valence electrons. The van der Waals surface area contributed by atoms with Gasteiger partial charge in [0.2, 0.25) is 0 Å². The topological polar surface area (TPSA) is 82.5 Å². The van der Waals surface area contributed by atoms with Gasteiger partial charge in [0.1, 0.15) is 0 Å². The Morgan fingerprint density at radius 2 is 2.12 bits per heavy atom. The maximum Gasteiger partial charge on any atom is 0.338 e. The fraction of sp³-hybridized carbons (Fsp3) is 0.389. The summed E-state index contributed by atoms with van der Waals surface area (Å²) in [7, 11) is 0. The lowest BCUT2D eigenvalue weighted by Crippen LogP contribution is -2.34. The maximum atomic E-state index is 12.0. The molecule has 1 atom stereocenters. The molecule has 0 saturated carbocycles. The van der Waals surface area contributed by atoms with Crippen LogP contribution in [-0.4, -0.2) is 47.5 Å². The summed E-state index contributed by atoms with van der Waals surface area (Å²) in [5.74, 6) is -0.858. The number of nitrogens with one attached hydrogen (secondary N) is 1. The number of carbonyl (C=O) groups is 2. The third kappa shape index (κ3) is 4.45. The van der Waals surface area contributed by atoms with E-state index in [1.54, 1.807) is 35.1 Å². The van der Waals surface area contributed by atoms with Crippen LogP contribution < -0.4 is 5.32 Å². The molecule has 7 heteroatoms. The van der Waals surface area contributed by atoms with E-state index in [0.717, 1.165) is 30.8 Å². The first-order valence-electron chi connectivity index (χ1n) is 8.30. The molecule has 1 aromatic heterocycles. The molecule has 0 radical (unpaired) electrons. The summed E-state index contributed by atoms with van der Waals surface area (Å²) in [6, 6.07) is 8.78. The number of ether oxygens (including phenoxy) is 2. The van der Waals surface area contributed by atoms with E-state index in [2.05, 4.69) is 10.4 Å². The number of benzene rings is 1. The molecule has 7 nitrogen and oxygen atoms in total. The first-order valence-corrected chi connectivity index (χ1v) is 8.30. The van der Waals surface area contributed by atoms with E-state index in [4.69, 9.17) is 9.47 Å². The second-order valence-electron chi connectivity index (χ2n) is 5.95. The molecule has 1 fully saturated rings. The van der Waals surface area contributed by atoms with Crippen LogP contribution in [0.25, 0.3) is 5.69 Å². The van der Waals surface area contributed by atoms with Crippen LogP contribution in [0.3, 0.4) is 0 Å². The summed E-state index contributed by atoms with van der Waals surface area (Å²) in [6.07, 6.45) is 3.75. The van der Waals surface area contributed by atoms with Crippen molar-refractivity contribution in [2.45, 2.75) is 25.9 Å². The summed E-state index contributed by atoms with van der Waals surface area (Å²) in [5.41, 5.74) is 2.24. The predicted molar refractivity (Wildman–Crippen MR) is 90.6 cm³/mol. The van der Waals surface area contributed by atoms with Crippen LogP contribution in [0.5, 0.6) is 0 Å². The highest BCUT2D eigenvalue weighted by Gasteiger charge is 2.17. The lowest BCUT2D eigenvalue weighted by atomic mass is 10.2. The highest BCUT2D eigenvalue weighted by atomic mass is 16.5. The average Bonchev–Trinajstić information content (AvgIpc) is 3.29. The third-order valence-electron chi connectivity index (χ3n) is 4.06. The lowest BCUT2D eigenvalue weighted by Gasteiger charge is -2.11. The van der Waals surface area contributed by atoms with Crippen molar-refractivity contribution >= 4 is 11.9 Å². The van der Waals surface area contributed by atoms with E-state index in [1.807, 2.05) is 13.0 Å². The molecule has 2 heterocycles. The number of hydrogen-bond acceptors (Lipinski definition) is 5. The fourth-order valence-corrected chi connectivity index (χ4v) is 2.68. The SMILES string of the molecule is Cc1ccnn1-c1ccc(C(=O)OCC(=O)NC[C@H]2CCCO2)cc1. The van der Waals surface area contributed by atoms with Gasteiger partial charge in [-0.1, -0.05) is 0 Å². The minimum atomic E-state index is -0.531. The maximum absolute atomic E-state index is 12.0. The number of hydrogen-bond donors (Lipinski definition) is 1. The Morgan fingerprint density at radius 1 is 1.32 bits per heavy atom. The van der Waals surface area contributed by atoms with Crippen molar-refractivity contribution < 1.29 is 19.1 Å². The molecule has 1 aromatic carbocycles. The Hall–Kier alpha value is -2.67. The van der Waals surface area contributed by atoms with Crippen molar-refractivity contribution in [1.29, 1.82) is 0 Å². The highest BCUT2D eigenvalue weighted by Crippen LogP contribution is 2.12. The van der Waals surface area contributed by atoms with E-state index in [9.17, 15) is 9.59 Å². The molecule has 25 heavy (non-hydrogen) atoms. The standard InChI is InChI=1S/C18H21N3O4/c1-13-8-9-20-21(13)15-6-4-14(5-7-15)18(23)25-12-17(22)19-11-16-3-2-10-24-16/h4-9,16H,2-3,10-12H2,1H3,(H,19,22)/t16-/m1/s1. The first-order chi connectivity index (χ1) is 12.1. The molecule has 0 bridgehead atoms. The van der Waals surface area contributed by atoms with Gasteiger partial charge < -0.3 is 14.8 Å². The minimum absolute atomic E-state index is 0.0675. The largest absolute Gasteiger partial charge is 0.452 e. The molecule has 2 aromatic rings. The number of esters is 1.